The molecule has 0 aliphatic heterocycles. The molecule has 8 nitrogen and oxygen atoms in total. The zero-order valence-electron chi connectivity index (χ0n) is 17.2. The van der Waals surface area contributed by atoms with E-state index in [1.807, 2.05) is 12.1 Å². The molecule has 1 spiro atoms. The van der Waals surface area contributed by atoms with Crippen molar-refractivity contribution in [1.29, 1.82) is 0 Å². The van der Waals surface area contributed by atoms with Crippen LogP contribution in [0.15, 0.2) is 55.2 Å². The summed E-state index contributed by atoms with van der Waals surface area (Å²) in [7, 11) is -6.52. The summed E-state index contributed by atoms with van der Waals surface area (Å²) in [5, 5.41) is 4.02. The van der Waals surface area contributed by atoms with Gasteiger partial charge in [-0.2, -0.15) is 0 Å². The molecular weight excluding hydrogens is 520 g/mol. The lowest BCUT2D eigenvalue weighted by atomic mass is 9.79. The number of anilines is 1. The van der Waals surface area contributed by atoms with Crippen LogP contribution in [0.1, 0.15) is 24.0 Å². The number of rotatable bonds is 5. The molecule has 0 amide bonds. The van der Waals surface area contributed by atoms with Crippen molar-refractivity contribution in [2.24, 2.45) is 0 Å². The molecule has 3 aromatic rings. The van der Waals surface area contributed by atoms with E-state index >= 15 is 0 Å². The van der Waals surface area contributed by atoms with Gasteiger partial charge in [-0.05, 0) is 55.2 Å². The first kappa shape index (κ1) is 21.5. The van der Waals surface area contributed by atoms with E-state index in [4.69, 9.17) is 9.26 Å². The molecule has 1 fully saturated rings. The van der Waals surface area contributed by atoms with E-state index in [-0.39, 0.29) is 26.8 Å². The quantitative estimate of drug-likeness (QED) is 0.523. The monoisotopic (exact) mass is 538 g/mol. The topological polar surface area (TPSA) is 116 Å². The Morgan fingerprint density at radius 1 is 1.12 bits per heavy atom. The number of aromatic nitrogens is 1. The third-order valence-corrected chi connectivity index (χ3v) is 9.00. The van der Waals surface area contributed by atoms with Crippen molar-refractivity contribution in [3.8, 4) is 17.1 Å². The number of sulfonamides is 1. The highest BCUT2D eigenvalue weighted by molar-refractivity contribution is 9.10. The van der Waals surface area contributed by atoms with Crippen LogP contribution in [0.25, 0.3) is 11.3 Å². The summed E-state index contributed by atoms with van der Waals surface area (Å²) in [6.45, 7) is 0. The highest BCUT2D eigenvalue weighted by Gasteiger charge is 2.50. The number of nitrogens with one attached hydrogen (secondary N) is 1. The largest absolute Gasteiger partial charge is 0.495 e. The Bertz CT molecular complexity index is 1470. The minimum Gasteiger partial charge on any atom is -0.495 e. The van der Waals surface area contributed by atoms with Crippen molar-refractivity contribution in [3.63, 3.8) is 0 Å². The molecule has 168 valence electrons. The summed E-state index contributed by atoms with van der Waals surface area (Å²) >= 11 is 3.49. The number of ether oxygens (including phenoxy) is 1. The number of nitrogens with zero attached hydrogens (tertiary/aromatic N) is 1. The first-order valence-corrected chi connectivity index (χ1v) is 13.9. The molecule has 11 heteroatoms. The molecule has 0 saturated heterocycles. The first-order valence-electron chi connectivity index (χ1n) is 9.74. The van der Waals surface area contributed by atoms with Gasteiger partial charge >= 0.3 is 0 Å². The van der Waals surface area contributed by atoms with Gasteiger partial charge in [0.05, 0.1) is 12.0 Å². The van der Waals surface area contributed by atoms with Crippen molar-refractivity contribution in [2.75, 3.05) is 18.1 Å². The van der Waals surface area contributed by atoms with Gasteiger partial charge in [0.15, 0.2) is 21.4 Å². The smallest absolute Gasteiger partial charge is 0.266 e. The minimum atomic E-state index is -4.22. The van der Waals surface area contributed by atoms with E-state index in [1.165, 1.54) is 24.8 Å². The predicted octanol–water partition coefficient (Wildman–Crippen LogP) is 3.90. The Balaban J connectivity index is 1.59. The van der Waals surface area contributed by atoms with Crippen molar-refractivity contribution in [1.82, 2.24) is 5.16 Å². The van der Waals surface area contributed by atoms with E-state index in [0.717, 1.165) is 35.2 Å². The zero-order valence-corrected chi connectivity index (χ0v) is 20.4. The molecule has 1 heterocycles. The Morgan fingerprint density at radius 3 is 2.53 bits per heavy atom. The fourth-order valence-electron chi connectivity index (χ4n) is 4.24. The predicted molar refractivity (Wildman–Crippen MR) is 121 cm³/mol. The average Bonchev–Trinajstić information content (AvgIpc) is 3.39. The molecule has 32 heavy (non-hydrogen) atoms. The number of sulfone groups is 1. The van der Waals surface area contributed by atoms with Crippen LogP contribution in [-0.4, -0.2) is 35.4 Å². The summed E-state index contributed by atoms with van der Waals surface area (Å²) in [5.41, 5.74) is 2.73. The van der Waals surface area contributed by atoms with Gasteiger partial charge in [-0.25, -0.2) is 16.8 Å². The molecule has 1 aromatic heterocycles. The molecule has 2 aliphatic rings. The van der Waals surface area contributed by atoms with Crippen LogP contribution in [0.2, 0.25) is 0 Å². The molecule has 0 unspecified atom stereocenters. The second kappa shape index (κ2) is 7.06. The fraction of sp³-hybridized carbons (Fsp3) is 0.286. The van der Waals surface area contributed by atoms with Crippen molar-refractivity contribution >= 4 is 41.6 Å². The van der Waals surface area contributed by atoms with E-state index < -0.39 is 19.9 Å². The summed E-state index contributed by atoms with van der Waals surface area (Å²) in [5.74, 6) is 0.660. The SMILES string of the molecule is COc1ccc(S(C)(=O)=O)cc1S(=O)(=O)Nc1noc2c1CC1(CC1)c1ccc(Br)cc1-2. The molecule has 0 bridgehead atoms. The van der Waals surface area contributed by atoms with Crippen LogP contribution in [-0.2, 0) is 31.7 Å². The van der Waals surface area contributed by atoms with Crippen LogP contribution >= 0.6 is 15.9 Å². The highest BCUT2D eigenvalue weighted by Crippen LogP contribution is 2.58. The molecular formula is C21H19BrN2O6S2. The molecule has 1 N–H and O–H groups in total. The lowest BCUT2D eigenvalue weighted by molar-refractivity contribution is 0.402. The number of hydrogen-bond acceptors (Lipinski definition) is 7. The fourth-order valence-corrected chi connectivity index (χ4v) is 6.55. The third kappa shape index (κ3) is 3.43. The number of methoxy groups -OCH3 is 1. The molecule has 2 aliphatic carbocycles. The van der Waals surface area contributed by atoms with Gasteiger partial charge in [0.2, 0.25) is 0 Å². The van der Waals surface area contributed by atoms with Crippen LogP contribution in [0.3, 0.4) is 0 Å². The van der Waals surface area contributed by atoms with Crippen molar-refractivity contribution < 1.29 is 26.1 Å². The maximum Gasteiger partial charge on any atom is 0.266 e. The molecule has 1 saturated carbocycles. The van der Waals surface area contributed by atoms with Gasteiger partial charge in [0.1, 0.15) is 10.6 Å². The number of hydrogen-bond donors (Lipinski definition) is 1. The number of halogens is 1. The van der Waals surface area contributed by atoms with E-state index in [0.29, 0.717) is 17.7 Å². The van der Waals surface area contributed by atoms with E-state index in [9.17, 15) is 16.8 Å². The number of benzene rings is 2. The molecule has 0 radical (unpaired) electrons. The Labute approximate surface area is 194 Å². The van der Waals surface area contributed by atoms with Gasteiger partial charge in [-0.15, -0.1) is 0 Å². The van der Waals surface area contributed by atoms with Crippen LogP contribution in [0, 0.1) is 0 Å². The zero-order chi connectivity index (χ0) is 22.9. The van der Waals surface area contributed by atoms with Crippen LogP contribution in [0.4, 0.5) is 5.82 Å². The Morgan fingerprint density at radius 2 is 1.88 bits per heavy atom. The van der Waals surface area contributed by atoms with E-state index in [2.05, 4.69) is 31.9 Å². The van der Waals surface area contributed by atoms with Gasteiger partial charge in [-0.1, -0.05) is 27.2 Å². The van der Waals surface area contributed by atoms with Gasteiger partial charge < -0.3 is 9.26 Å². The van der Waals surface area contributed by atoms with Gasteiger partial charge in [0, 0.05) is 27.3 Å². The van der Waals surface area contributed by atoms with E-state index in [1.54, 1.807) is 0 Å². The summed E-state index contributed by atoms with van der Waals surface area (Å²) in [6.07, 6.45) is 3.63. The lowest BCUT2D eigenvalue weighted by Crippen LogP contribution is -2.20. The molecule has 0 atom stereocenters. The van der Waals surface area contributed by atoms with Gasteiger partial charge in [0.25, 0.3) is 10.0 Å². The normalized spacial score (nSPS) is 16.3. The maximum absolute atomic E-state index is 13.2. The third-order valence-electron chi connectivity index (χ3n) is 6.04. The number of fused-ring (bicyclic) bond motifs is 4. The average molecular weight is 539 g/mol. The van der Waals surface area contributed by atoms with Gasteiger partial charge in [-0.3, -0.25) is 4.72 Å². The molecule has 2 aromatic carbocycles. The summed E-state index contributed by atoms with van der Waals surface area (Å²) < 4.78 is 64.5. The van der Waals surface area contributed by atoms with Crippen molar-refractivity contribution in [2.45, 2.75) is 34.5 Å². The second-order valence-corrected chi connectivity index (χ2v) is 12.8. The lowest BCUT2D eigenvalue weighted by Gasteiger charge is -2.24. The molecule has 5 rings (SSSR count). The Kier molecular flexibility index (Phi) is 4.74. The van der Waals surface area contributed by atoms with Crippen molar-refractivity contribution in [3.05, 3.63) is 52.0 Å². The van der Waals surface area contributed by atoms with Crippen LogP contribution < -0.4 is 9.46 Å². The highest BCUT2D eigenvalue weighted by atomic mass is 79.9. The first-order chi connectivity index (χ1) is 15.0. The summed E-state index contributed by atoms with van der Waals surface area (Å²) in [6, 6.07) is 9.72. The summed E-state index contributed by atoms with van der Waals surface area (Å²) in [4.78, 5) is -0.420. The standard InChI is InChI=1S/C21H19BrN2O6S2/c1-29-17-6-4-13(31(2,25)26)10-18(17)32(27,28)24-20-15-11-21(7-8-21)16-5-3-12(22)9-14(16)19(15)30-23-20/h3-6,9-10H,7-8,11H2,1-2H3,(H,23,24). The maximum atomic E-state index is 13.2. The van der Waals surface area contributed by atoms with Crippen LogP contribution in [0.5, 0.6) is 5.75 Å². The second-order valence-electron chi connectivity index (χ2n) is 8.18. The minimum absolute atomic E-state index is 0.0233. The Hall–Kier alpha value is -2.37.